The second-order valence-corrected chi connectivity index (χ2v) is 6.75. The average Bonchev–Trinajstić information content (AvgIpc) is 3.16. The fourth-order valence-corrected chi connectivity index (χ4v) is 3.04. The van der Waals surface area contributed by atoms with Crippen LogP contribution in [0.15, 0.2) is 77.2 Å². The van der Waals surface area contributed by atoms with Crippen molar-refractivity contribution in [2.75, 3.05) is 12.4 Å². The molecule has 144 valence electrons. The van der Waals surface area contributed by atoms with Crippen LogP contribution in [0.5, 0.6) is 5.75 Å². The fourth-order valence-electron chi connectivity index (χ4n) is 2.85. The molecule has 1 N–H and O–H groups in total. The fraction of sp³-hybridized carbons (Fsp3) is 0.0435. The maximum Gasteiger partial charge on any atom is 0.248 e. The number of carbonyl (C=O) groups excluding carboxylic acids is 1. The number of fused-ring (bicyclic) bond motifs is 1. The van der Waals surface area contributed by atoms with Crippen LogP contribution < -0.4 is 10.1 Å². The zero-order chi connectivity index (χ0) is 20.2. The van der Waals surface area contributed by atoms with Crippen LogP contribution in [0, 0.1) is 0 Å². The van der Waals surface area contributed by atoms with Gasteiger partial charge in [0.15, 0.2) is 5.58 Å². The van der Waals surface area contributed by atoms with Gasteiger partial charge in [-0.15, -0.1) is 0 Å². The maximum atomic E-state index is 12.3. The quantitative estimate of drug-likeness (QED) is 0.426. The van der Waals surface area contributed by atoms with E-state index in [1.807, 2.05) is 36.4 Å². The second-order valence-electron chi connectivity index (χ2n) is 6.31. The molecule has 0 unspecified atom stereocenters. The van der Waals surface area contributed by atoms with Gasteiger partial charge >= 0.3 is 0 Å². The minimum Gasteiger partial charge on any atom is -0.497 e. The SMILES string of the molecule is COc1cccc(/C=C/C(=O)Nc2ccc3nc(-c4cccc(Cl)c4)oc3c2)c1. The molecule has 0 radical (unpaired) electrons. The smallest absolute Gasteiger partial charge is 0.248 e. The molecule has 0 atom stereocenters. The van der Waals surface area contributed by atoms with Crippen molar-refractivity contribution in [2.24, 2.45) is 0 Å². The monoisotopic (exact) mass is 404 g/mol. The van der Waals surface area contributed by atoms with E-state index in [0.29, 0.717) is 27.7 Å². The molecule has 29 heavy (non-hydrogen) atoms. The van der Waals surface area contributed by atoms with Crippen molar-refractivity contribution in [3.05, 3.63) is 83.4 Å². The van der Waals surface area contributed by atoms with Gasteiger partial charge in [0.2, 0.25) is 11.8 Å². The van der Waals surface area contributed by atoms with Crippen molar-refractivity contribution < 1.29 is 13.9 Å². The number of anilines is 1. The molecule has 5 nitrogen and oxygen atoms in total. The van der Waals surface area contributed by atoms with Crippen LogP contribution in [0.25, 0.3) is 28.6 Å². The van der Waals surface area contributed by atoms with E-state index in [1.54, 1.807) is 43.5 Å². The van der Waals surface area contributed by atoms with E-state index in [-0.39, 0.29) is 5.91 Å². The number of halogens is 1. The van der Waals surface area contributed by atoms with Gasteiger partial charge in [-0.25, -0.2) is 4.98 Å². The zero-order valence-corrected chi connectivity index (χ0v) is 16.3. The molecule has 0 fully saturated rings. The van der Waals surface area contributed by atoms with Crippen LogP contribution in [0.3, 0.4) is 0 Å². The highest BCUT2D eigenvalue weighted by molar-refractivity contribution is 6.30. The molecule has 1 heterocycles. The van der Waals surface area contributed by atoms with Crippen LogP contribution in [-0.4, -0.2) is 18.0 Å². The van der Waals surface area contributed by atoms with Crippen LogP contribution in [0.2, 0.25) is 5.02 Å². The summed E-state index contributed by atoms with van der Waals surface area (Å²) in [5.74, 6) is 0.962. The average molecular weight is 405 g/mol. The van der Waals surface area contributed by atoms with Crippen LogP contribution in [0.4, 0.5) is 5.69 Å². The third kappa shape index (κ3) is 4.47. The summed E-state index contributed by atoms with van der Waals surface area (Å²) >= 11 is 6.04. The number of oxazole rings is 1. The predicted molar refractivity (Wildman–Crippen MR) is 115 cm³/mol. The molecule has 1 aromatic heterocycles. The first-order chi connectivity index (χ1) is 14.1. The first-order valence-electron chi connectivity index (χ1n) is 8.90. The lowest BCUT2D eigenvalue weighted by Gasteiger charge is -2.02. The van der Waals surface area contributed by atoms with Gasteiger partial charge in [-0.05, 0) is 54.1 Å². The van der Waals surface area contributed by atoms with Gasteiger partial charge < -0.3 is 14.5 Å². The standard InChI is InChI=1S/C23H17ClN2O3/c1-28-19-7-2-4-15(12-19)8-11-22(27)25-18-9-10-20-21(14-18)29-23(26-20)16-5-3-6-17(24)13-16/h2-14H,1H3,(H,25,27)/b11-8+. The Hall–Kier alpha value is -3.57. The lowest BCUT2D eigenvalue weighted by molar-refractivity contribution is -0.111. The molecular weight excluding hydrogens is 388 g/mol. The Morgan fingerprint density at radius 2 is 1.97 bits per heavy atom. The number of methoxy groups -OCH3 is 1. The van der Waals surface area contributed by atoms with E-state index in [1.165, 1.54) is 6.08 Å². The van der Waals surface area contributed by atoms with Gasteiger partial charge in [0.05, 0.1) is 7.11 Å². The van der Waals surface area contributed by atoms with Crippen molar-refractivity contribution >= 4 is 40.4 Å². The number of amides is 1. The van der Waals surface area contributed by atoms with Crippen molar-refractivity contribution in [3.8, 4) is 17.2 Å². The number of aromatic nitrogens is 1. The normalized spacial score (nSPS) is 11.1. The topological polar surface area (TPSA) is 64.4 Å². The number of ether oxygens (including phenoxy) is 1. The third-order valence-electron chi connectivity index (χ3n) is 4.25. The Morgan fingerprint density at radius 3 is 2.79 bits per heavy atom. The zero-order valence-electron chi connectivity index (χ0n) is 15.6. The van der Waals surface area contributed by atoms with Crippen molar-refractivity contribution in [1.82, 2.24) is 4.98 Å². The maximum absolute atomic E-state index is 12.3. The number of nitrogens with one attached hydrogen (secondary N) is 1. The molecule has 0 aliphatic rings. The molecule has 4 rings (SSSR count). The summed E-state index contributed by atoms with van der Waals surface area (Å²) in [4.78, 5) is 16.7. The first-order valence-corrected chi connectivity index (χ1v) is 9.28. The minimum atomic E-state index is -0.248. The summed E-state index contributed by atoms with van der Waals surface area (Å²) in [6.45, 7) is 0. The lowest BCUT2D eigenvalue weighted by atomic mass is 10.2. The van der Waals surface area contributed by atoms with Crippen LogP contribution in [0.1, 0.15) is 5.56 Å². The van der Waals surface area contributed by atoms with Gasteiger partial charge in [-0.3, -0.25) is 4.79 Å². The molecule has 0 aliphatic heterocycles. The molecule has 0 aliphatic carbocycles. The van der Waals surface area contributed by atoms with Gasteiger partial charge in [0, 0.05) is 28.4 Å². The Kier molecular flexibility index (Phi) is 5.31. The summed E-state index contributed by atoms with van der Waals surface area (Å²) < 4.78 is 11.0. The van der Waals surface area contributed by atoms with Crippen LogP contribution >= 0.6 is 11.6 Å². The highest BCUT2D eigenvalue weighted by atomic mass is 35.5. The summed E-state index contributed by atoms with van der Waals surface area (Å²) in [6, 6.07) is 20.1. The molecule has 6 heteroatoms. The predicted octanol–water partition coefficient (Wildman–Crippen LogP) is 5.81. The Morgan fingerprint density at radius 1 is 1.10 bits per heavy atom. The molecular formula is C23H17ClN2O3. The van der Waals surface area contributed by atoms with Gasteiger partial charge in [0.25, 0.3) is 0 Å². The summed E-state index contributed by atoms with van der Waals surface area (Å²) in [5, 5.41) is 3.44. The highest BCUT2D eigenvalue weighted by Crippen LogP contribution is 2.27. The summed E-state index contributed by atoms with van der Waals surface area (Å²) in [7, 11) is 1.60. The Bertz CT molecular complexity index is 1210. The molecule has 3 aromatic carbocycles. The molecule has 0 saturated carbocycles. The van der Waals surface area contributed by atoms with E-state index >= 15 is 0 Å². The largest absolute Gasteiger partial charge is 0.497 e. The van der Waals surface area contributed by atoms with E-state index in [4.69, 9.17) is 20.8 Å². The highest BCUT2D eigenvalue weighted by Gasteiger charge is 2.10. The summed E-state index contributed by atoms with van der Waals surface area (Å²) in [6.07, 6.45) is 3.19. The molecule has 0 spiro atoms. The molecule has 4 aromatic rings. The second kappa shape index (κ2) is 8.20. The number of carbonyl (C=O) groups is 1. The van der Waals surface area contributed by atoms with Gasteiger partial charge in [0.1, 0.15) is 11.3 Å². The minimum absolute atomic E-state index is 0.248. The number of rotatable bonds is 5. The van der Waals surface area contributed by atoms with Crippen molar-refractivity contribution in [3.63, 3.8) is 0 Å². The van der Waals surface area contributed by atoms with Gasteiger partial charge in [-0.2, -0.15) is 0 Å². The number of benzene rings is 3. The van der Waals surface area contributed by atoms with E-state index < -0.39 is 0 Å². The third-order valence-corrected chi connectivity index (χ3v) is 4.48. The molecule has 0 bridgehead atoms. The van der Waals surface area contributed by atoms with Crippen molar-refractivity contribution in [1.29, 1.82) is 0 Å². The lowest BCUT2D eigenvalue weighted by Crippen LogP contribution is -2.07. The summed E-state index contributed by atoms with van der Waals surface area (Å²) in [5.41, 5.74) is 3.56. The number of hydrogen-bond acceptors (Lipinski definition) is 4. The Labute approximate surface area is 172 Å². The van der Waals surface area contributed by atoms with E-state index in [9.17, 15) is 4.79 Å². The molecule has 0 saturated heterocycles. The van der Waals surface area contributed by atoms with E-state index in [0.717, 1.165) is 16.9 Å². The number of hydrogen-bond donors (Lipinski definition) is 1. The molecule has 1 amide bonds. The Balaban J connectivity index is 1.50. The van der Waals surface area contributed by atoms with E-state index in [2.05, 4.69) is 10.3 Å². The van der Waals surface area contributed by atoms with Crippen LogP contribution in [-0.2, 0) is 4.79 Å². The first kappa shape index (κ1) is 18.8. The number of nitrogens with zero attached hydrogens (tertiary/aromatic N) is 1. The van der Waals surface area contributed by atoms with Crippen molar-refractivity contribution in [2.45, 2.75) is 0 Å². The van der Waals surface area contributed by atoms with Gasteiger partial charge in [-0.1, -0.05) is 29.8 Å².